The van der Waals surface area contributed by atoms with Crippen molar-refractivity contribution >= 4 is 55.9 Å². The first kappa shape index (κ1) is 28.7. The van der Waals surface area contributed by atoms with Crippen LogP contribution in [-0.4, -0.2) is 52.0 Å². The number of hydrogen-bond acceptors (Lipinski definition) is 4. The molecule has 5 rings (SSSR count). The highest BCUT2D eigenvalue weighted by molar-refractivity contribution is 7.91. The topological polar surface area (TPSA) is 64.7 Å². The van der Waals surface area contributed by atoms with Crippen molar-refractivity contribution in [2.45, 2.75) is 25.2 Å². The lowest BCUT2D eigenvalue weighted by Crippen LogP contribution is -2.55. The van der Waals surface area contributed by atoms with Gasteiger partial charge in [-0.3, -0.25) is 0 Å². The lowest BCUT2D eigenvalue weighted by molar-refractivity contribution is 0.208. The maximum absolute atomic E-state index is 13.3. The van der Waals surface area contributed by atoms with Crippen molar-refractivity contribution in [2.75, 3.05) is 22.1 Å². The minimum Gasteiger partial charge on any atom is -0.339 e. The van der Waals surface area contributed by atoms with Gasteiger partial charge in [-0.25, -0.2) is 8.42 Å². The van der Waals surface area contributed by atoms with E-state index in [2.05, 4.69) is 10.6 Å². The van der Waals surface area contributed by atoms with Crippen LogP contribution in [-0.2, 0) is 22.9 Å². The molecule has 41 heavy (non-hydrogen) atoms. The third-order valence-electron chi connectivity index (χ3n) is 7.06. The molecule has 6 nitrogen and oxygen atoms in total. The molecule has 210 valence electrons. The van der Waals surface area contributed by atoms with Crippen molar-refractivity contribution in [3.05, 3.63) is 132 Å². The molecule has 4 aromatic rings. The number of rotatable bonds is 8. The van der Waals surface area contributed by atoms with Crippen LogP contribution in [0.3, 0.4) is 0 Å². The van der Waals surface area contributed by atoms with Crippen LogP contribution in [0.5, 0.6) is 0 Å². The van der Waals surface area contributed by atoms with Crippen molar-refractivity contribution in [3.8, 4) is 0 Å². The van der Waals surface area contributed by atoms with Gasteiger partial charge in [-0.05, 0) is 59.8 Å². The monoisotopic (exact) mass is 600 g/mol. The summed E-state index contributed by atoms with van der Waals surface area (Å²) in [6, 6.07) is 38.5. The molecule has 1 fully saturated rings. The summed E-state index contributed by atoms with van der Waals surface area (Å²) < 4.78 is 26.7. The Morgan fingerprint density at radius 3 is 1.24 bits per heavy atom. The van der Waals surface area contributed by atoms with Crippen LogP contribution < -0.4 is 10.6 Å². The van der Waals surface area contributed by atoms with Crippen LogP contribution in [0.25, 0.3) is 0 Å². The number of hydrogen-bond donors (Lipinski definition) is 2. The highest BCUT2D eigenvalue weighted by Crippen LogP contribution is 2.28. The van der Waals surface area contributed by atoms with Crippen LogP contribution in [0.4, 0.5) is 11.4 Å². The molecule has 1 aliphatic rings. The first-order chi connectivity index (χ1) is 19.9. The molecule has 1 saturated heterocycles. The van der Waals surface area contributed by atoms with Crippen molar-refractivity contribution in [1.82, 2.24) is 9.80 Å². The van der Waals surface area contributed by atoms with E-state index in [1.165, 1.54) is 0 Å². The summed E-state index contributed by atoms with van der Waals surface area (Å²) >= 11 is 11.9. The lowest BCUT2D eigenvalue weighted by Gasteiger charge is -2.40. The summed E-state index contributed by atoms with van der Waals surface area (Å²) in [5.74, 6) is -0.0549. The van der Waals surface area contributed by atoms with Gasteiger partial charge in [0.05, 0.1) is 23.6 Å². The average molecular weight is 601 g/mol. The SMILES string of the molecule is O=S1(=O)C[C@@H](N(Cc2ccccc2)C(=S)Nc2ccccc2)[C@@H](N(Cc2ccccc2)C(=S)Nc2ccccc2)C1. The Labute approximate surface area is 252 Å². The molecule has 0 aromatic heterocycles. The average Bonchev–Trinajstić information content (AvgIpc) is 3.31. The predicted molar refractivity (Wildman–Crippen MR) is 176 cm³/mol. The first-order valence-corrected chi connectivity index (χ1v) is 16.1. The number of sulfone groups is 1. The van der Waals surface area contributed by atoms with Crippen molar-refractivity contribution < 1.29 is 8.42 Å². The molecular weight excluding hydrogens is 569 g/mol. The van der Waals surface area contributed by atoms with E-state index in [0.29, 0.717) is 23.3 Å². The lowest BCUT2D eigenvalue weighted by atomic mass is 10.1. The molecular formula is C32H32N4O2S3. The normalized spacial score (nSPS) is 17.4. The Balaban J connectivity index is 1.52. The summed E-state index contributed by atoms with van der Waals surface area (Å²) in [4.78, 5) is 4.02. The maximum atomic E-state index is 13.3. The smallest absolute Gasteiger partial charge is 0.174 e. The van der Waals surface area contributed by atoms with E-state index in [1.54, 1.807) is 0 Å². The van der Waals surface area contributed by atoms with Gasteiger partial charge < -0.3 is 20.4 Å². The van der Waals surface area contributed by atoms with E-state index < -0.39 is 21.9 Å². The molecule has 0 unspecified atom stereocenters. The van der Waals surface area contributed by atoms with E-state index in [4.69, 9.17) is 24.4 Å². The predicted octanol–water partition coefficient (Wildman–Crippen LogP) is 5.95. The molecule has 2 N–H and O–H groups in total. The van der Waals surface area contributed by atoms with Crippen LogP contribution in [0, 0.1) is 0 Å². The zero-order valence-corrected chi connectivity index (χ0v) is 24.9. The van der Waals surface area contributed by atoms with Gasteiger partial charge in [0.15, 0.2) is 20.1 Å². The fourth-order valence-electron chi connectivity index (χ4n) is 5.08. The van der Waals surface area contributed by atoms with E-state index >= 15 is 0 Å². The van der Waals surface area contributed by atoms with Crippen LogP contribution in [0.15, 0.2) is 121 Å². The summed E-state index contributed by atoms with van der Waals surface area (Å²) in [5.41, 5.74) is 3.76. The van der Waals surface area contributed by atoms with Crippen LogP contribution in [0.2, 0.25) is 0 Å². The molecule has 0 radical (unpaired) electrons. The Hall–Kier alpha value is -3.79. The molecule has 1 heterocycles. The van der Waals surface area contributed by atoms with Gasteiger partial charge >= 0.3 is 0 Å². The van der Waals surface area contributed by atoms with Crippen molar-refractivity contribution in [3.63, 3.8) is 0 Å². The zero-order valence-electron chi connectivity index (χ0n) is 22.5. The molecule has 0 saturated carbocycles. The molecule has 0 spiro atoms. The molecule has 9 heteroatoms. The Morgan fingerprint density at radius 1 is 0.585 bits per heavy atom. The third-order valence-corrected chi connectivity index (χ3v) is 9.43. The van der Waals surface area contributed by atoms with Gasteiger partial charge in [-0.2, -0.15) is 0 Å². The zero-order chi connectivity index (χ0) is 28.7. The van der Waals surface area contributed by atoms with Gasteiger partial charge in [0.2, 0.25) is 0 Å². The number of nitrogens with zero attached hydrogens (tertiary/aromatic N) is 2. The largest absolute Gasteiger partial charge is 0.339 e. The Kier molecular flexibility index (Phi) is 9.28. The van der Waals surface area contributed by atoms with E-state index in [1.807, 2.05) is 131 Å². The van der Waals surface area contributed by atoms with Crippen LogP contribution in [0.1, 0.15) is 11.1 Å². The van der Waals surface area contributed by atoms with Gasteiger partial charge in [0, 0.05) is 24.5 Å². The fourth-order valence-corrected chi connectivity index (χ4v) is 7.70. The molecule has 4 aromatic carbocycles. The minimum absolute atomic E-state index is 0.0274. The second kappa shape index (κ2) is 13.2. The molecule has 2 atom stereocenters. The van der Waals surface area contributed by atoms with Crippen molar-refractivity contribution in [2.24, 2.45) is 0 Å². The summed E-state index contributed by atoms with van der Waals surface area (Å²) in [5, 5.41) is 7.61. The van der Waals surface area contributed by atoms with E-state index in [9.17, 15) is 8.42 Å². The number of para-hydroxylation sites is 2. The molecule has 1 aliphatic heterocycles. The molecule has 0 amide bonds. The number of benzene rings is 4. The minimum atomic E-state index is -3.39. The van der Waals surface area contributed by atoms with E-state index in [0.717, 1.165) is 22.5 Å². The quantitative estimate of drug-likeness (QED) is 0.241. The number of anilines is 2. The van der Waals surface area contributed by atoms with E-state index in [-0.39, 0.29) is 11.5 Å². The number of thiocarbonyl (C=S) groups is 2. The van der Waals surface area contributed by atoms with Gasteiger partial charge in [0.25, 0.3) is 0 Å². The fraction of sp³-hybridized carbons (Fsp3) is 0.188. The van der Waals surface area contributed by atoms with Gasteiger partial charge in [-0.1, -0.05) is 97.1 Å². The summed E-state index contributed by atoms with van der Waals surface area (Å²) in [6.45, 7) is 0.905. The standard InChI is InChI=1S/C32H32N4O2S3/c37-41(38)23-29(35(21-25-13-5-1-6-14-25)31(39)33-27-17-9-3-10-18-27)30(24-41)36(22-26-15-7-2-8-16-26)32(40)34-28-19-11-4-12-20-28/h1-20,29-30H,21-24H2,(H,33,39)(H,34,40)/t29-,30+. The third kappa shape index (κ3) is 7.70. The van der Waals surface area contributed by atoms with Gasteiger partial charge in [0.1, 0.15) is 0 Å². The van der Waals surface area contributed by atoms with Gasteiger partial charge in [-0.15, -0.1) is 0 Å². The summed E-state index contributed by atoms with van der Waals surface area (Å²) in [6.07, 6.45) is 0. The molecule has 0 aliphatic carbocycles. The first-order valence-electron chi connectivity index (χ1n) is 13.4. The second-order valence-corrected chi connectivity index (χ2v) is 13.0. The maximum Gasteiger partial charge on any atom is 0.174 e. The highest BCUT2D eigenvalue weighted by Gasteiger charge is 2.45. The highest BCUT2D eigenvalue weighted by atomic mass is 32.2. The van der Waals surface area contributed by atoms with Crippen molar-refractivity contribution in [1.29, 1.82) is 0 Å². The van der Waals surface area contributed by atoms with Crippen LogP contribution >= 0.6 is 24.4 Å². The summed E-state index contributed by atoms with van der Waals surface area (Å²) in [7, 11) is -3.39. The second-order valence-electron chi connectivity index (χ2n) is 10.0. The number of nitrogens with one attached hydrogen (secondary N) is 2. The Morgan fingerprint density at radius 2 is 0.902 bits per heavy atom. The Bertz CT molecular complexity index is 1440. The molecule has 0 bridgehead atoms.